The molecule has 0 saturated carbocycles. The maximum absolute atomic E-state index is 14.0. The standard InChI is InChI=1S/C12H20FNO6/c1-5(15)9(17)10-7(14-6(2)16)4-8(13)12(3,20-10)11(18)19/h5,7-10,15,17H,4H2,1-3H3,(H,14,16)(H,18,19)/t5-,7?,8?,9+,10?,12?/m1/s1. The Bertz CT molecular complexity index is 390. The van der Waals surface area contributed by atoms with E-state index in [2.05, 4.69) is 5.32 Å². The molecule has 4 unspecified atom stereocenters. The number of hydrogen-bond donors (Lipinski definition) is 4. The lowest BCUT2D eigenvalue weighted by molar-refractivity contribution is -0.222. The van der Waals surface area contributed by atoms with E-state index in [1.165, 1.54) is 13.8 Å². The fraction of sp³-hybridized carbons (Fsp3) is 0.833. The lowest BCUT2D eigenvalue weighted by Gasteiger charge is -2.44. The third kappa shape index (κ3) is 3.25. The monoisotopic (exact) mass is 293 g/mol. The molecule has 1 fully saturated rings. The lowest BCUT2D eigenvalue weighted by Crippen LogP contribution is -2.65. The summed E-state index contributed by atoms with van der Waals surface area (Å²) in [7, 11) is 0. The van der Waals surface area contributed by atoms with Gasteiger partial charge in [-0.15, -0.1) is 0 Å². The summed E-state index contributed by atoms with van der Waals surface area (Å²) in [5.41, 5.74) is -2.13. The topological polar surface area (TPSA) is 116 Å². The molecule has 1 aliphatic rings. The number of alkyl halides is 1. The van der Waals surface area contributed by atoms with E-state index in [9.17, 15) is 24.2 Å². The van der Waals surface area contributed by atoms with Crippen LogP contribution in [0.3, 0.4) is 0 Å². The minimum atomic E-state index is -2.13. The smallest absolute Gasteiger partial charge is 0.338 e. The zero-order valence-electron chi connectivity index (χ0n) is 11.5. The molecule has 1 heterocycles. The van der Waals surface area contributed by atoms with Crippen LogP contribution in [0.5, 0.6) is 0 Å². The van der Waals surface area contributed by atoms with Crippen LogP contribution in [0.25, 0.3) is 0 Å². The fourth-order valence-electron chi connectivity index (χ4n) is 2.19. The summed E-state index contributed by atoms with van der Waals surface area (Å²) in [6, 6.07) is -0.917. The lowest BCUT2D eigenvalue weighted by atomic mass is 9.85. The highest BCUT2D eigenvalue weighted by Gasteiger charge is 2.54. The first kappa shape index (κ1) is 16.8. The second-order valence-electron chi connectivity index (χ2n) is 5.24. The first-order valence-corrected chi connectivity index (χ1v) is 6.28. The van der Waals surface area contributed by atoms with Gasteiger partial charge in [0.05, 0.1) is 12.1 Å². The van der Waals surface area contributed by atoms with Crippen molar-refractivity contribution in [3.8, 4) is 0 Å². The molecule has 6 atom stereocenters. The number of aliphatic hydroxyl groups is 2. The largest absolute Gasteiger partial charge is 0.479 e. The van der Waals surface area contributed by atoms with Crippen LogP contribution in [-0.2, 0) is 14.3 Å². The molecule has 0 spiro atoms. The molecule has 20 heavy (non-hydrogen) atoms. The van der Waals surface area contributed by atoms with Crippen molar-refractivity contribution >= 4 is 11.9 Å². The highest BCUT2D eigenvalue weighted by molar-refractivity contribution is 5.78. The summed E-state index contributed by atoms with van der Waals surface area (Å²) in [6.07, 6.45) is -6.05. The minimum absolute atomic E-state index is 0.323. The fourth-order valence-corrected chi connectivity index (χ4v) is 2.19. The van der Waals surface area contributed by atoms with Crippen molar-refractivity contribution in [1.29, 1.82) is 0 Å². The third-order valence-electron chi connectivity index (χ3n) is 3.48. The molecule has 116 valence electrons. The molecule has 1 saturated heterocycles. The van der Waals surface area contributed by atoms with Crippen molar-refractivity contribution in [3.05, 3.63) is 0 Å². The number of rotatable bonds is 4. The van der Waals surface area contributed by atoms with Gasteiger partial charge in [0, 0.05) is 13.3 Å². The predicted octanol–water partition coefficient (Wildman–Crippen LogP) is -0.797. The van der Waals surface area contributed by atoms with E-state index in [0.29, 0.717) is 0 Å². The van der Waals surface area contributed by atoms with Gasteiger partial charge < -0.3 is 25.4 Å². The molecule has 0 aliphatic carbocycles. The van der Waals surface area contributed by atoms with Crippen LogP contribution in [0.15, 0.2) is 0 Å². The number of nitrogens with one attached hydrogen (secondary N) is 1. The summed E-state index contributed by atoms with van der Waals surface area (Å²) in [5.74, 6) is -1.97. The molecule has 0 bridgehead atoms. The maximum Gasteiger partial charge on any atom is 0.338 e. The number of ether oxygens (including phenoxy) is 1. The molecule has 1 aliphatic heterocycles. The Balaban J connectivity index is 3.04. The number of aliphatic hydroxyl groups excluding tert-OH is 2. The quantitative estimate of drug-likeness (QED) is 0.539. The zero-order chi connectivity index (χ0) is 15.7. The van der Waals surface area contributed by atoms with E-state index in [0.717, 1.165) is 6.92 Å². The average molecular weight is 293 g/mol. The normalized spacial score (nSPS) is 37.0. The first-order chi connectivity index (χ1) is 9.09. The van der Waals surface area contributed by atoms with Gasteiger partial charge in [-0.2, -0.15) is 0 Å². The van der Waals surface area contributed by atoms with E-state index < -0.39 is 48.0 Å². The summed E-state index contributed by atoms with van der Waals surface area (Å²) < 4.78 is 19.2. The second kappa shape index (κ2) is 6.02. The number of carbonyl (C=O) groups excluding carboxylic acids is 1. The van der Waals surface area contributed by atoms with Gasteiger partial charge in [-0.3, -0.25) is 4.79 Å². The Hall–Kier alpha value is -1.25. The minimum Gasteiger partial charge on any atom is -0.479 e. The number of halogens is 1. The molecule has 7 nitrogen and oxygen atoms in total. The Morgan fingerprint density at radius 1 is 1.45 bits per heavy atom. The molecule has 0 aromatic heterocycles. The number of amides is 1. The Morgan fingerprint density at radius 2 is 2.00 bits per heavy atom. The molecule has 1 rings (SSSR count). The molecule has 0 radical (unpaired) electrons. The van der Waals surface area contributed by atoms with E-state index >= 15 is 0 Å². The zero-order valence-corrected chi connectivity index (χ0v) is 11.5. The van der Waals surface area contributed by atoms with Gasteiger partial charge in [-0.1, -0.05) is 0 Å². The molecule has 1 amide bonds. The molecular formula is C12H20FNO6. The van der Waals surface area contributed by atoms with Crippen molar-refractivity contribution in [2.45, 2.75) is 63.3 Å². The van der Waals surface area contributed by atoms with Crippen LogP contribution in [0.2, 0.25) is 0 Å². The number of carboxylic acid groups (broad SMARTS) is 1. The van der Waals surface area contributed by atoms with Crippen molar-refractivity contribution < 1.29 is 34.0 Å². The highest BCUT2D eigenvalue weighted by atomic mass is 19.1. The van der Waals surface area contributed by atoms with Gasteiger partial charge in [0.1, 0.15) is 18.4 Å². The van der Waals surface area contributed by atoms with Crippen molar-refractivity contribution in [2.24, 2.45) is 0 Å². The molecular weight excluding hydrogens is 273 g/mol. The van der Waals surface area contributed by atoms with Gasteiger partial charge >= 0.3 is 5.97 Å². The van der Waals surface area contributed by atoms with E-state index in [1.807, 2.05) is 0 Å². The maximum atomic E-state index is 14.0. The average Bonchev–Trinajstić information content (AvgIpc) is 2.31. The highest BCUT2D eigenvalue weighted by Crippen LogP contribution is 2.33. The third-order valence-corrected chi connectivity index (χ3v) is 3.48. The van der Waals surface area contributed by atoms with Crippen LogP contribution in [0, 0.1) is 0 Å². The van der Waals surface area contributed by atoms with E-state index in [-0.39, 0.29) is 6.42 Å². The van der Waals surface area contributed by atoms with E-state index in [4.69, 9.17) is 9.84 Å². The van der Waals surface area contributed by atoms with Crippen molar-refractivity contribution in [1.82, 2.24) is 5.32 Å². The first-order valence-electron chi connectivity index (χ1n) is 6.28. The molecule has 4 N–H and O–H groups in total. The van der Waals surface area contributed by atoms with Gasteiger partial charge in [0.25, 0.3) is 0 Å². The number of hydrogen-bond acceptors (Lipinski definition) is 5. The number of aliphatic carboxylic acids is 1. The Morgan fingerprint density at radius 3 is 2.40 bits per heavy atom. The SMILES string of the molecule is CC(=O)NC1CC(F)C(C)(C(=O)O)OC1[C@@H](O)[C@@H](C)O. The summed E-state index contributed by atoms with van der Waals surface area (Å²) >= 11 is 0. The van der Waals surface area contributed by atoms with Gasteiger partial charge in [-0.05, 0) is 13.8 Å². The van der Waals surface area contributed by atoms with Crippen molar-refractivity contribution in [3.63, 3.8) is 0 Å². The summed E-state index contributed by atoms with van der Waals surface area (Å²) in [6.45, 7) is 3.56. The van der Waals surface area contributed by atoms with Crippen molar-refractivity contribution in [2.75, 3.05) is 0 Å². The van der Waals surface area contributed by atoms with Gasteiger partial charge in [0.2, 0.25) is 5.91 Å². The number of carbonyl (C=O) groups is 2. The summed E-state index contributed by atoms with van der Waals surface area (Å²) in [4.78, 5) is 22.3. The summed E-state index contributed by atoms with van der Waals surface area (Å²) in [5, 5.41) is 30.8. The number of carboxylic acids is 1. The van der Waals surface area contributed by atoms with Crippen LogP contribution >= 0.6 is 0 Å². The molecule has 8 heteroatoms. The van der Waals surface area contributed by atoms with E-state index in [1.54, 1.807) is 0 Å². The molecule has 0 aromatic carbocycles. The predicted molar refractivity (Wildman–Crippen MR) is 65.7 cm³/mol. The Kier molecular flexibility index (Phi) is 5.06. The van der Waals surface area contributed by atoms with Gasteiger partial charge in [-0.25, -0.2) is 9.18 Å². The van der Waals surface area contributed by atoms with Gasteiger partial charge in [0.15, 0.2) is 5.60 Å². The van der Waals surface area contributed by atoms with Crippen LogP contribution in [0.1, 0.15) is 27.2 Å². The van der Waals surface area contributed by atoms with Crippen LogP contribution in [0.4, 0.5) is 4.39 Å². The second-order valence-corrected chi connectivity index (χ2v) is 5.24. The van der Waals surface area contributed by atoms with Crippen LogP contribution < -0.4 is 5.32 Å². The van der Waals surface area contributed by atoms with Crippen LogP contribution in [-0.4, -0.2) is 63.3 Å². The molecule has 0 aromatic rings. The Labute approximate surface area is 115 Å².